The molecule has 0 aromatic heterocycles. The van der Waals surface area contributed by atoms with Crippen LogP contribution in [0, 0.1) is 11.6 Å². The van der Waals surface area contributed by atoms with E-state index in [0.29, 0.717) is 25.9 Å². The third-order valence-corrected chi connectivity index (χ3v) is 5.45. The van der Waals surface area contributed by atoms with Crippen molar-refractivity contribution >= 4 is 10.0 Å². The zero-order valence-corrected chi connectivity index (χ0v) is 15.6. The summed E-state index contributed by atoms with van der Waals surface area (Å²) in [5.74, 6) is -2.21. The largest absolute Gasteiger partial charge is 0.309 e. The fourth-order valence-corrected chi connectivity index (χ4v) is 3.79. The molecular formula is C16H27F2N3O2S. The topological polar surface area (TPSA) is 43.9 Å². The number of rotatable bonds is 10. The van der Waals surface area contributed by atoms with E-state index in [1.165, 1.54) is 4.31 Å². The molecule has 0 aliphatic rings. The van der Waals surface area contributed by atoms with E-state index in [1.54, 1.807) is 0 Å². The molecule has 1 rings (SSSR count). The third kappa shape index (κ3) is 6.43. The van der Waals surface area contributed by atoms with Crippen LogP contribution >= 0.6 is 0 Å². The molecule has 0 bridgehead atoms. The summed E-state index contributed by atoms with van der Waals surface area (Å²) in [4.78, 5) is 3.74. The van der Waals surface area contributed by atoms with Crippen LogP contribution in [0.1, 0.15) is 12.8 Å². The number of hydrogen-bond donors (Lipinski definition) is 0. The predicted molar refractivity (Wildman–Crippen MR) is 91.5 cm³/mol. The molecule has 24 heavy (non-hydrogen) atoms. The minimum atomic E-state index is -3.85. The van der Waals surface area contributed by atoms with Gasteiger partial charge in [0.2, 0.25) is 10.0 Å². The summed E-state index contributed by atoms with van der Waals surface area (Å²) in [7, 11) is 3.82. The van der Waals surface area contributed by atoms with Gasteiger partial charge in [0.1, 0.15) is 0 Å². The minimum Gasteiger partial charge on any atom is -0.309 e. The second kappa shape index (κ2) is 9.41. The SMILES string of the molecule is CN(C)CCCN(CCCN(C)C)S(=O)(=O)c1ccc(F)c(F)c1. The minimum absolute atomic E-state index is 0.212. The molecule has 0 amide bonds. The maximum Gasteiger partial charge on any atom is 0.243 e. The molecule has 0 N–H and O–H groups in total. The lowest BCUT2D eigenvalue weighted by Crippen LogP contribution is -2.35. The molecule has 0 saturated carbocycles. The maximum atomic E-state index is 13.4. The molecule has 1 aromatic rings. The summed E-state index contributed by atoms with van der Waals surface area (Å²) in [6.45, 7) is 2.18. The predicted octanol–water partition coefficient (Wildman–Crippen LogP) is 1.86. The van der Waals surface area contributed by atoms with Gasteiger partial charge in [0, 0.05) is 13.1 Å². The van der Waals surface area contributed by atoms with Crippen LogP contribution in [0.5, 0.6) is 0 Å². The smallest absolute Gasteiger partial charge is 0.243 e. The monoisotopic (exact) mass is 363 g/mol. The van der Waals surface area contributed by atoms with Gasteiger partial charge >= 0.3 is 0 Å². The highest BCUT2D eigenvalue weighted by atomic mass is 32.2. The first-order valence-electron chi connectivity index (χ1n) is 7.89. The van der Waals surface area contributed by atoms with Crippen LogP contribution in [-0.2, 0) is 10.0 Å². The molecule has 138 valence electrons. The molecule has 0 spiro atoms. The Balaban J connectivity index is 2.93. The van der Waals surface area contributed by atoms with Crippen LogP contribution < -0.4 is 0 Å². The number of halogens is 2. The van der Waals surface area contributed by atoms with Gasteiger partial charge in [-0.3, -0.25) is 0 Å². The molecule has 8 heteroatoms. The fourth-order valence-electron chi connectivity index (χ4n) is 2.27. The van der Waals surface area contributed by atoms with Crippen LogP contribution in [-0.4, -0.2) is 76.9 Å². The van der Waals surface area contributed by atoms with E-state index in [0.717, 1.165) is 31.3 Å². The van der Waals surface area contributed by atoms with Crippen molar-refractivity contribution in [2.75, 3.05) is 54.4 Å². The average Bonchev–Trinajstić information content (AvgIpc) is 2.47. The van der Waals surface area contributed by atoms with E-state index in [9.17, 15) is 17.2 Å². The number of nitrogens with zero attached hydrogens (tertiary/aromatic N) is 3. The highest BCUT2D eigenvalue weighted by Crippen LogP contribution is 2.19. The highest BCUT2D eigenvalue weighted by Gasteiger charge is 2.25. The van der Waals surface area contributed by atoms with Crippen molar-refractivity contribution in [3.63, 3.8) is 0 Å². The Hall–Kier alpha value is -1.09. The van der Waals surface area contributed by atoms with Gasteiger partial charge in [-0.25, -0.2) is 17.2 Å². The van der Waals surface area contributed by atoms with Crippen molar-refractivity contribution < 1.29 is 17.2 Å². The second-order valence-electron chi connectivity index (χ2n) is 6.29. The molecule has 0 unspecified atom stereocenters. The zero-order chi connectivity index (χ0) is 18.3. The summed E-state index contributed by atoms with van der Waals surface area (Å²) < 4.78 is 53.4. The Morgan fingerprint density at radius 1 is 0.833 bits per heavy atom. The Morgan fingerprint density at radius 2 is 1.33 bits per heavy atom. The molecule has 5 nitrogen and oxygen atoms in total. The zero-order valence-electron chi connectivity index (χ0n) is 14.8. The van der Waals surface area contributed by atoms with Gasteiger partial charge in [0.15, 0.2) is 11.6 Å². The Bertz CT molecular complexity index is 608. The molecule has 0 aliphatic carbocycles. The van der Waals surface area contributed by atoms with Gasteiger partial charge in [-0.2, -0.15) is 4.31 Å². The Labute approximate surface area is 143 Å². The van der Waals surface area contributed by atoms with Gasteiger partial charge in [0.25, 0.3) is 0 Å². The molecule has 0 saturated heterocycles. The van der Waals surface area contributed by atoms with Crippen LogP contribution in [0.25, 0.3) is 0 Å². The van der Waals surface area contributed by atoms with Crippen LogP contribution in [0.3, 0.4) is 0 Å². The van der Waals surface area contributed by atoms with Gasteiger partial charge in [-0.05, 0) is 72.3 Å². The van der Waals surface area contributed by atoms with Crippen molar-refractivity contribution in [2.24, 2.45) is 0 Å². The lowest BCUT2D eigenvalue weighted by molar-refractivity contribution is 0.326. The first-order chi connectivity index (χ1) is 11.1. The summed E-state index contributed by atoms with van der Waals surface area (Å²) in [5.41, 5.74) is 0. The Kier molecular flexibility index (Phi) is 8.21. The molecule has 0 atom stereocenters. The van der Waals surface area contributed by atoms with E-state index in [2.05, 4.69) is 0 Å². The first-order valence-corrected chi connectivity index (χ1v) is 9.33. The van der Waals surface area contributed by atoms with E-state index in [-0.39, 0.29) is 4.90 Å². The molecular weight excluding hydrogens is 336 g/mol. The standard InChI is InChI=1S/C16H27F2N3O2S/c1-19(2)9-5-11-21(12-6-10-20(3)4)24(22,23)14-7-8-15(17)16(18)13-14/h7-8,13H,5-6,9-12H2,1-4H3. The van der Waals surface area contributed by atoms with Crippen molar-refractivity contribution in [1.82, 2.24) is 14.1 Å². The molecule has 0 aliphatic heterocycles. The van der Waals surface area contributed by atoms with E-state index in [4.69, 9.17) is 0 Å². The number of sulfonamides is 1. The van der Waals surface area contributed by atoms with Crippen LogP contribution in [0.15, 0.2) is 23.1 Å². The van der Waals surface area contributed by atoms with Gasteiger partial charge in [-0.1, -0.05) is 0 Å². The number of hydrogen-bond acceptors (Lipinski definition) is 4. The summed E-state index contributed by atoms with van der Waals surface area (Å²) in [5, 5.41) is 0. The first kappa shape index (κ1) is 21.0. The normalized spacial score (nSPS) is 12.5. The molecule has 0 fully saturated rings. The van der Waals surface area contributed by atoms with Gasteiger partial charge in [-0.15, -0.1) is 0 Å². The third-order valence-electron chi connectivity index (χ3n) is 3.55. The van der Waals surface area contributed by atoms with Gasteiger partial charge < -0.3 is 9.80 Å². The Morgan fingerprint density at radius 3 is 1.75 bits per heavy atom. The molecule has 1 aromatic carbocycles. The maximum absolute atomic E-state index is 13.4. The highest BCUT2D eigenvalue weighted by molar-refractivity contribution is 7.89. The van der Waals surface area contributed by atoms with Crippen LogP contribution in [0.2, 0.25) is 0 Å². The van der Waals surface area contributed by atoms with Crippen molar-refractivity contribution in [2.45, 2.75) is 17.7 Å². The number of benzene rings is 1. The van der Waals surface area contributed by atoms with Gasteiger partial charge in [0.05, 0.1) is 4.90 Å². The summed E-state index contributed by atoms with van der Waals surface area (Å²) >= 11 is 0. The molecule has 0 heterocycles. The fraction of sp³-hybridized carbons (Fsp3) is 0.625. The lowest BCUT2D eigenvalue weighted by atomic mass is 10.3. The summed E-state index contributed by atoms with van der Waals surface area (Å²) in [6, 6.07) is 2.70. The van der Waals surface area contributed by atoms with E-state index >= 15 is 0 Å². The molecule has 0 radical (unpaired) electrons. The second-order valence-corrected chi connectivity index (χ2v) is 8.23. The van der Waals surface area contributed by atoms with Crippen molar-refractivity contribution in [1.29, 1.82) is 0 Å². The van der Waals surface area contributed by atoms with E-state index in [1.807, 2.05) is 38.0 Å². The van der Waals surface area contributed by atoms with Crippen molar-refractivity contribution in [3.8, 4) is 0 Å². The van der Waals surface area contributed by atoms with Crippen LogP contribution in [0.4, 0.5) is 8.78 Å². The quantitative estimate of drug-likeness (QED) is 0.636. The summed E-state index contributed by atoms with van der Waals surface area (Å²) in [6.07, 6.45) is 1.33. The average molecular weight is 363 g/mol. The lowest BCUT2D eigenvalue weighted by Gasteiger charge is -2.24. The van der Waals surface area contributed by atoms with E-state index < -0.39 is 21.7 Å². The van der Waals surface area contributed by atoms with Crippen molar-refractivity contribution in [3.05, 3.63) is 29.8 Å².